The molecule has 0 aliphatic heterocycles. The molecule has 0 radical (unpaired) electrons. The van der Waals surface area contributed by atoms with Crippen LogP contribution in [0.3, 0.4) is 0 Å². The van der Waals surface area contributed by atoms with Crippen LogP contribution in [0.25, 0.3) is 0 Å². The van der Waals surface area contributed by atoms with Gasteiger partial charge in [-0.1, -0.05) is 47.5 Å². The van der Waals surface area contributed by atoms with E-state index in [-0.39, 0.29) is 23.3 Å². The van der Waals surface area contributed by atoms with Crippen LogP contribution in [0.2, 0.25) is 0 Å². The Morgan fingerprint density at radius 2 is 2.11 bits per heavy atom. The molecular weight excluding hydrogens is 298 g/mol. The van der Waals surface area contributed by atoms with Crippen molar-refractivity contribution < 1.29 is 9.72 Å². The van der Waals surface area contributed by atoms with E-state index in [0.717, 1.165) is 22.7 Å². The summed E-state index contributed by atoms with van der Waals surface area (Å²) in [5.74, 6) is -0.674. The highest BCUT2D eigenvalue weighted by Gasteiger charge is 2.28. The molecule has 18 heavy (non-hydrogen) atoms. The van der Waals surface area contributed by atoms with Crippen molar-refractivity contribution in [3.05, 3.63) is 44.4 Å². The second-order valence-corrected chi connectivity index (χ2v) is 5.09. The highest BCUT2D eigenvalue weighted by Crippen LogP contribution is 2.32. The summed E-state index contributed by atoms with van der Waals surface area (Å²) in [4.78, 5) is 21.6. The van der Waals surface area contributed by atoms with Crippen molar-refractivity contribution in [3.8, 4) is 0 Å². The van der Waals surface area contributed by atoms with E-state index in [1.807, 2.05) is 31.2 Å². The molecule has 0 saturated heterocycles. The minimum Gasteiger partial charge on any atom is -0.303 e. The number of hydrogen-bond acceptors (Lipinski definition) is 3. The van der Waals surface area contributed by atoms with Crippen LogP contribution in [0.15, 0.2) is 28.7 Å². The minimum atomic E-state index is -0.368. The van der Waals surface area contributed by atoms with E-state index in [4.69, 9.17) is 0 Å². The number of benzene rings is 1. The van der Waals surface area contributed by atoms with Gasteiger partial charge in [0.15, 0.2) is 0 Å². The standard InChI is InChI=1S/C13H16BrNO3/c1-2-5-10(9-16)12(8-15(17)18)11-6-3-4-7-13(11)14/h3-4,6-7,9-10,12H,2,5,8H2,1H3/t10-,12-/m0/s1. The molecule has 0 heterocycles. The van der Waals surface area contributed by atoms with Crippen LogP contribution in [0, 0.1) is 16.0 Å². The molecule has 0 N–H and O–H groups in total. The maximum Gasteiger partial charge on any atom is 0.211 e. The van der Waals surface area contributed by atoms with E-state index in [1.54, 1.807) is 0 Å². The molecule has 0 amide bonds. The minimum absolute atomic E-state index is 0.216. The number of nitrogens with zero attached hydrogens (tertiary/aromatic N) is 1. The molecule has 1 rings (SSSR count). The van der Waals surface area contributed by atoms with E-state index in [1.165, 1.54) is 0 Å². The Hall–Kier alpha value is -1.23. The summed E-state index contributed by atoms with van der Waals surface area (Å²) in [5, 5.41) is 10.8. The second-order valence-electron chi connectivity index (χ2n) is 4.23. The zero-order chi connectivity index (χ0) is 13.5. The molecule has 2 atom stereocenters. The van der Waals surface area contributed by atoms with Crippen molar-refractivity contribution in [2.24, 2.45) is 5.92 Å². The summed E-state index contributed by atoms with van der Waals surface area (Å²) in [6.07, 6.45) is 2.35. The fraction of sp³-hybridized carbons (Fsp3) is 0.462. The van der Waals surface area contributed by atoms with Gasteiger partial charge in [-0.2, -0.15) is 0 Å². The van der Waals surface area contributed by atoms with Gasteiger partial charge in [0.1, 0.15) is 6.29 Å². The molecule has 0 aliphatic rings. The quantitative estimate of drug-likeness (QED) is 0.440. The first kappa shape index (κ1) is 14.8. The maximum absolute atomic E-state index is 11.2. The molecule has 0 aromatic heterocycles. The number of nitro groups is 1. The first-order chi connectivity index (χ1) is 8.60. The fourth-order valence-electron chi connectivity index (χ4n) is 2.10. The van der Waals surface area contributed by atoms with Gasteiger partial charge >= 0.3 is 0 Å². The van der Waals surface area contributed by atoms with Crippen molar-refractivity contribution in [1.82, 2.24) is 0 Å². The third kappa shape index (κ3) is 3.91. The first-order valence-electron chi connectivity index (χ1n) is 5.91. The molecule has 98 valence electrons. The van der Waals surface area contributed by atoms with Crippen LogP contribution < -0.4 is 0 Å². The Bertz CT molecular complexity index is 422. The van der Waals surface area contributed by atoms with Gasteiger partial charge in [-0.05, 0) is 18.1 Å². The summed E-state index contributed by atoms with van der Waals surface area (Å²) < 4.78 is 0.819. The van der Waals surface area contributed by atoms with E-state index >= 15 is 0 Å². The largest absolute Gasteiger partial charge is 0.303 e. The lowest BCUT2D eigenvalue weighted by Gasteiger charge is -2.20. The average molecular weight is 314 g/mol. The van der Waals surface area contributed by atoms with Crippen LogP contribution in [0.1, 0.15) is 31.2 Å². The third-order valence-corrected chi connectivity index (χ3v) is 3.69. The lowest BCUT2D eigenvalue weighted by atomic mass is 9.84. The van der Waals surface area contributed by atoms with Crippen LogP contribution in [-0.4, -0.2) is 17.8 Å². The van der Waals surface area contributed by atoms with Gasteiger partial charge in [-0.15, -0.1) is 0 Å². The SMILES string of the molecule is CCC[C@@H](C=O)[C@H](C[N+](=O)[O-])c1ccccc1Br. The topological polar surface area (TPSA) is 60.2 Å². The molecule has 1 aromatic rings. The predicted octanol–water partition coefficient (Wildman–Crippen LogP) is 3.42. The van der Waals surface area contributed by atoms with Crippen molar-refractivity contribution in [1.29, 1.82) is 0 Å². The van der Waals surface area contributed by atoms with Crippen molar-refractivity contribution >= 4 is 22.2 Å². The van der Waals surface area contributed by atoms with Gasteiger partial charge in [-0.3, -0.25) is 10.1 Å². The molecular formula is C13H16BrNO3. The maximum atomic E-state index is 11.2. The molecule has 4 nitrogen and oxygen atoms in total. The number of aldehydes is 1. The van der Waals surface area contributed by atoms with Crippen LogP contribution in [-0.2, 0) is 4.79 Å². The van der Waals surface area contributed by atoms with Crippen molar-refractivity contribution in [2.75, 3.05) is 6.54 Å². The predicted molar refractivity (Wildman–Crippen MR) is 73.2 cm³/mol. The summed E-state index contributed by atoms with van der Waals surface area (Å²) in [6.45, 7) is 1.76. The lowest BCUT2D eigenvalue weighted by Crippen LogP contribution is -2.22. The number of halogens is 1. The average Bonchev–Trinajstić information content (AvgIpc) is 2.34. The van der Waals surface area contributed by atoms with E-state index in [0.29, 0.717) is 6.42 Å². The Balaban J connectivity index is 3.07. The zero-order valence-electron chi connectivity index (χ0n) is 10.2. The first-order valence-corrected chi connectivity index (χ1v) is 6.71. The van der Waals surface area contributed by atoms with Gasteiger partial charge in [0.25, 0.3) is 0 Å². The highest BCUT2D eigenvalue weighted by atomic mass is 79.9. The molecule has 0 spiro atoms. The summed E-state index contributed by atoms with van der Waals surface area (Å²) in [7, 11) is 0. The monoisotopic (exact) mass is 313 g/mol. The molecule has 1 aromatic carbocycles. The normalized spacial score (nSPS) is 13.9. The summed E-state index contributed by atoms with van der Waals surface area (Å²) >= 11 is 3.40. The molecule has 0 saturated carbocycles. The molecule has 0 fully saturated rings. The van der Waals surface area contributed by atoms with Crippen LogP contribution in [0.5, 0.6) is 0 Å². The van der Waals surface area contributed by atoms with Gasteiger partial charge in [0, 0.05) is 15.3 Å². The van der Waals surface area contributed by atoms with Crippen LogP contribution in [0.4, 0.5) is 0 Å². The van der Waals surface area contributed by atoms with Crippen molar-refractivity contribution in [2.45, 2.75) is 25.7 Å². The summed E-state index contributed by atoms with van der Waals surface area (Å²) in [5.41, 5.74) is 0.833. The van der Waals surface area contributed by atoms with Gasteiger partial charge < -0.3 is 4.79 Å². The molecule has 0 aliphatic carbocycles. The number of carbonyl (C=O) groups excluding carboxylic acids is 1. The van der Waals surface area contributed by atoms with E-state index < -0.39 is 0 Å². The number of hydrogen-bond donors (Lipinski definition) is 0. The Labute approximate surface area is 115 Å². The molecule has 0 unspecified atom stereocenters. The van der Waals surface area contributed by atoms with Gasteiger partial charge in [0.05, 0.1) is 5.92 Å². The van der Waals surface area contributed by atoms with E-state index in [9.17, 15) is 14.9 Å². The second kappa shape index (κ2) is 7.26. The van der Waals surface area contributed by atoms with Crippen molar-refractivity contribution in [3.63, 3.8) is 0 Å². The lowest BCUT2D eigenvalue weighted by molar-refractivity contribution is -0.484. The fourth-order valence-corrected chi connectivity index (χ4v) is 2.68. The zero-order valence-corrected chi connectivity index (χ0v) is 11.8. The van der Waals surface area contributed by atoms with Crippen LogP contribution >= 0.6 is 15.9 Å². The Morgan fingerprint density at radius 1 is 1.44 bits per heavy atom. The third-order valence-electron chi connectivity index (χ3n) is 2.96. The molecule has 5 heteroatoms. The number of rotatable bonds is 7. The highest BCUT2D eigenvalue weighted by molar-refractivity contribution is 9.10. The van der Waals surface area contributed by atoms with Gasteiger partial charge in [0.2, 0.25) is 6.54 Å². The number of carbonyl (C=O) groups is 1. The molecule has 0 bridgehead atoms. The Kier molecular flexibility index (Phi) is 5.98. The van der Waals surface area contributed by atoms with E-state index in [2.05, 4.69) is 15.9 Å². The Morgan fingerprint density at radius 3 is 2.61 bits per heavy atom. The van der Waals surface area contributed by atoms with Gasteiger partial charge in [-0.25, -0.2) is 0 Å². The smallest absolute Gasteiger partial charge is 0.211 e. The summed E-state index contributed by atoms with van der Waals surface area (Å²) in [6, 6.07) is 7.37.